The number of hydrogen-bond donors (Lipinski definition) is 0. The molecule has 3 aliphatic heterocycles. The van der Waals surface area contributed by atoms with Gasteiger partial charge in [-0.25, -0.2) is 4.98 Å². The lowest BCUT2D eigenvalue weighted by molar-refractivity contribution is 0.0305. The molecular weight excluding hydrogens is 332 g/mol. The predicted molar refractivity (Wildman–Crippen MR) is 111 cm³/mol. The molecule has 4 aliphatic rings. The Morgan fingerprint density at radius 3 is 2.15 bits per heavy atom. The van der Waals surface area contributed by atoms with Crippen LogP contribution in [0, 0.1) is 5.41 Å². The third-order valence-corrected chi connectivity index (χ3v) is 8.01. The SMILES string of the molecule is c1cc(N2CCC3(CC2)CCN(C2CCC2)CC3)ncc1CN1CCCC1. The van der Waals surface area contributed by atoms with Crippen molar-refractivity contribution in [1.82, 2.24) is 14.8 Å². The van der Waals surface area contributed by atoms with Gasteiger partial charge in [-0.2, -0.15) is 0 Å². The van der Waals surface area contributed by atoms with Crippen LogP contribution >= 0.6 is 0 Å². The van der Waals surface area contributed by atoms with Crippen LogP contribution in [-0.2, 0) is 6.54 Å². The molecule has 1 aromatic heterocycles. The first-order chi connectivity index (χ1) is 13.3. The minimum Gasteiger partial charge on any atom is -0.357 e. The average molecular weight is 369 g/mol. The minimum absolute atomic E-state index is 0.631. The first kappa shape index (κ1) is 17.9. The Balaban J connectivity index is 1.12. The second-order valence-corrected chi connectivity index (χ2v) is 9.62. The van der Waals surface area contributed by atoms with Gasteiger partial charge in [-0.1, -0.05) is 12.5 Å². The third kappa shape index (κ3) is 3.88. The Hall–Kier alpha value is -1.13. The van der Waals surface area contributed by atoms with E-state index in [0.29, 0.717) is 5.41 Å². The molecule has 1 saturated carbocycles. The lowest BCUT2D eigenvalue weighted by Gasteiger charge is -2.50. The van der Waals surface area contributed by atoms with Crippen molar-refractivity contribution < 1.29 is 0 Å². The largest absolute Gasteiger partial charge is 0.357 e. The van der Waals surface area contributed by atoms with Gasteiger partial charge in [0.15, 0.2) is 0 Å². The molecule has 4 fully saturated rings. The molecule has 0 N–H and O–H groups in total. The lowest BCUT2D eigenvalue weighted by Crippen LogP contribution is -2.51. The summed E-state index contributed by atoms with van der Waals surface area (Å²) in [5.74, 6) is 1.20. The van der Waals surface area contributed by atoms with Crippen molar-refractivity contribution in [3.63, 3.8) is 0 Å². The maximum Gasteiger partial charge on any atom is 0.128 e. The van der Waals surface area contributed by atoms with Gasteiger partial charge in [0.05, 0.1) is 0 Å². The standard InChI is InChI=1S/C23H36N4/c1-2-13-25(12-1)19-20-6-7-22(24-18-20)27-16-10-23(11-17-27)8-14-26(15-9-23)21-4-3-5-21/h6-7,18,21H,1-5,8-17,19H2. The number of hydrogen-bond acceptors (Lipinski definition) is 4. The minimum atomic E-state index is 0.631. The zero-order chi connectivity index (χ0) is 18.1. The molecule has 0 aromatic carbocycles. The van der Waals surface area contributed by atoms with Crippen molar-refractivity contribution in [3.05, 3.63) is 23.9 Å². The summed E-state index contributed by atoms with van der Waals surface area (Å²) in [6.45, 7) is 8.70. The highest BCUT2D eigenvalue weighted by molar-refractivity contribution is 5.40. The van der Waals surface area contributed by atoms with Gasteiger partial charge in [0.25, 0.3) is 0 Å². The van der Waals surface area contributed by atoms with E-state index in [1.807, 2.05) is 0 Å². The van der Waals surface area contributed by atoms with Gasteiger partial charge in [0.1, 0.15) is 5.82 Å². The van der Waals surface area contributed by atoms with Gasteiger partial charge in [-0.3, -0.25) is 4.90 Å². The second-order valence-electron chi connectivity index (χ2n) is 9.62. The number of rotatable bonds is 4. The molecule has 148 valence electrons. The number of nitrogens with zero attached hydrogens (tertiary/aromatic N) is 4. The number of piperidine rings is 2. The molecule has 0 atom stereocenters. The molecule has 5 rings (SSSR count). The van der Waals surface area contributed by atoms with Crippen LogP contribution in [0.4, 0.5) is 5.82 Å². The molecule has 0 radical (unpaired) electrons. The highest BCUT2D eigenvalue weighted by Gasteiger charge is 2.39. The summed E-state index contributed by atoms with van der Waals surface area (Å²) < 4.78 is 0. The second kappa shape index (κ2) is 7.71. The fourth-order valence-electron chi connectivity index (χ4n) is 5.72. The zero-order valence-corrected chi connectivity index (χ0v) is 16.9. The summed E-state index contributed by atoms with van der Waals surface area (Å²) in [6.07, 6.45) is 14.8. The number of aromatic nitrogens is 1. The summed E-state index contributed by atoms with van der Waals surface area (Å²) in [5.41, 5.74) is 2.00. The normalized spacial score (nSPS) is 27.2. The highest BCUT2D eigenvalue weighted by atomic mass is 15.2. The molecule has 4 heteroatoms. The van der Waals surface area contributed by atoms with Crippen molar-refractivity contribution in [2.75, 3.05) is 44.2 Å². The number of pyridine rings is 1. The maximum absolute atomic E-state index is 4.82. The van der Waals surface area contributed by atoms with Crippen molar-refractivity contribution in [3.8, 4) is 0 Å². The smallest absolute Gasteiger partial charge is 0.128 e. The molecule has 1 aliphatic carbocycles. The van der Waals surface area contributed by atoms with Gasteiger partial charge in [0.2, 0.25) is 0 Å². The Kier molecular flexibility index (Phi) is 5.12. The molecular formula is C23H36N4. The van der Waals surface area contributed by atoms with E-state index in [-0.39, 0.29) is 0 Å². The van der Waals surface area contributed by atoms with E-state index in [1.54, 1.807) is 0 Å². The van der Waals surface area contributed by atoms with Gasteiger partial charge >= 0.3 is 0 Å². The number of likely N-dealkylation sites (tertiary alicyclic amines) is 2. The summed E-state index contributed by atoms with van der Waals surface area (Å²) >= 11 is 0. The van der Waals surface area contributed by atoms with Crippen molar-refractivity contribution in [2.45, 2.75) is 70.4 Å². The quantitative estimate of drug-likeness (QED) is 0.803. The van der Waals surface area contributed by atoms with Crippen LogP contribution in [-0.4, -0.2) is 60.1 Å². The van der Waals surface area contributed by atoms with Crippen LogP contribution in [0.15, 0.2) is 18.3 Å². The molecule has 0 unspecified atom stereocenters. The molecule has 1 spiro atoms. The Morgan fingerprint density at radius 2 is 1.56 bits per heavy atom. The Morgan fingerprint density at radius 1 is 0.852 bits per heavy atom. The van der Waals surface area contributed by atoms with Crippen molar-refractivity contribution >= 4 is 5.82 Å². The van der Waals surface area contributed by atoms with E-state index in [2.05, 4.69) is 33.0 Å². The van der Waals surface area contributed by atoms with Gasteiger partial charge in [0, 0.05) is 31.9 Å². The lowest BCUT2D eigenvalue weighted by atomic mass is 9.70. The van der Waals surface area contributed by atoms with Crippen LogP contribution in [0.1, 0.15) is 63.4 Å². The average Bonchev–Trinajstić information content (AvgIpc) is 3.17. The van der Waals surface area contributed by atoms with Crippen molar-refractivity contribution in [2.24, 2.45) is 5.41 Å². The fourth-order valence-corrected chi connectivity index (χ4v) is 5.72. The molecule has 27 heavy (non-hydrogen) atoms. The van der Waals surface area contributed by atoms with Gasteiger partial charge < -0.3 is 9.80 Å². The van der Waals surface area contributed by atoms with E-state index in [4.69, 9.17) is 4.98 Å². The number of anilines is 1. The molecule has 0 amide bonds. The van der Waals surface area contributed by atoms with E-state index in [1.165, 1.54) is 108 Å². The summed E-state index contributed by atoms with van der Waals surface area (Å²) in [5, 5.41) is 0. The summed E-state index contributed by atoms with van der Waals surface area (Å²) in [6, 6.07) is 5.51. The van der Waals surface area contributed by atoms with E-state index >= 15 is 0 Å². The summed E-state index contributed by atoms with van der Waals surface area (Å²) in [7, 11) is 0. The Labute approximate surface area is 164 Å². The van der Waals surface area contributed by atoms with Gasteiger partial charge in [-0.05, 0) is 94.6 Å². The molecule has 0 bridgehead atoms. The molecule has 4 heterocycles. The Bertz CT molecular complexity index is 600. The van der Waals surface area contributed by atoms with Crippen molar-refractivity contribution in [1.29, 1.82) is 0 Å². The predicted octanol–water partition coefficient (Wildman–Crippen LogP) is 3.91. The molecule has 1 aromatic rings. The maximum atomic E-state index is 4.82. The molecule has 3 saturated heterocycles. The first-order valence-electron chi connectivity index (χ1n) is 11.5. The van der Waals surface area contributed by atoms with E-state index < -0.39 is 0 Å². The van der Waals surface area contributed by atoms with Gasteiger partial charge in [-0.15, -0.1) is 0 Å². The van der Waals surface area contributed by atoms with Crippen LogP contribution in [0.2, 0.25) is 0 Å². The van der Waals surface area contributed by atoms with Crippen LogP contribution in [0.3, 0.4) is 0 Å². The van der Waals surface area contributed by atoms with Crippen LogP contribution < -0.4 is 4.90 Å². The topological polar surface area (TPSA) is 22.6 Å². The van der Waals surface area contributed by atoms with E-state index in [9.17, 15) is 0 Å². The third-order valence-electron chi connectivity index (χ3n) is 8.01. The van der Waals surface area contributed by atoms with Crippen LogP contribution in [0.25, 0.3) is 0 Å². The summed E-state index contributed by atoms with van der Waals surface area (Å²) in [4.78, 5) is 12.7. The first-order valence-corrected chi connectivity index (χ1v) is 11.5. The molecule has 4 nitrogen and oxygen atoms in total. The van der Waals surface area contributed by atoms with E-state index in [0.717, 1.165) is 12.6 Å². The monoisotopic (exact) mass is 368 g/mol. The highest BCUT2D eigenvalue weighted by Crippen LogP contribution is 2.43. The van der Waals surface area contributed by atoms with Crippen LogP contribution in [0.5, 0.6) is 0 Å². The zero-order valence-electron chi connectivity index (χ0n) is 16.9. The fraction of sp³-hybridized carbons (Fsp3) is 0.783.